The van der Waals surface area contributed by atoms with Gasteiger partial charge in [0.15, 0.2) is 0 Å². The van der Waals surface area contributed by atoms with E-state index in [1.807, 2.05) is 0 Å². The summed E-state index contributed by atoms with van der Waals surface area (Å²) in [7, 11) is 0. The molecule has 1 atom stereocenters. The van der Waals surface area contributed by atoms with Crippen molar-refractivity contribution in [1.82, 2.24) is 5.32 Å². The average Bonchev–Trinajstić information content (AvgIpc) is 2.56. The predicted molar refractivity (Wildman–Crippen MR) is 94.3 cm³/mol. The van der Waals surface area contributed by atoms with Gasteiger partial charge in [-0.15, -0.1) is 0 Å². The molecule has 0 saturated carbocycles. The Kier molecular flexibility index (Phi) is 6.24. The third kappa shape index (κ3) is 5.25. The molecule has 0 aliphatic rings. The molecule has 2 aromatic carbocycles. The van der Waals surface area contributed by atoms with Gasteiger partial charge in [0, 0.05) is 23.7 Å². The standard InChI is InChI=1S/C17H15ClFN3O4/c1-10(23)20-15(11-2-4-12(18)5-3-11)9-17(24)21-13-6-7-14(19)16(8-13)22(25)26/h2-8,15H,9H2,1H3,(H,20,23)(H,21,24). The zero-order chi connectivity index (χ0) is 19.3. The first kappa shape index (κ1) is 19.3. The highest BCUT2D eigenvalue weighted by Crippen LogP contribution is 2.23. The van der Waals surface area contributed by atoms with E-state index >= 15 is 0 Å². The number of rotatable bonds is 6. The topological polar surface area (TPSA) is 101 Å². The van der Waals surface area contributed by atoms with E-state index in [1.54, 1.807) is 24.3 Å². The van der Waals surface area contributed by atoms with Crippen molar-refractivity contribution in [2.75, 3.05) is 5.32 Å². The van der Waals surface area contributed by atoms with Crippen molar-refractivity contribution in [1.29, 1.82) is 0 Å². The minimum absolute atomic E-state index is 0.0841. The number of anilines is 1. The summed E-state index contributed by atoms with van der Waals surface area (Å²) >= 11 is 5.84. The Labute approximate surface area is 153 Å². The van der Waals surface area contributed by atoms with Crippen molar-refractivity contribution in [2.24, 2.45) is 0 Å². The highest BCUT2D eigenvalue weighted by Gasteiger charge is 2.19. The van der Waals surface area contributed by atoms with Crippen LogP contribution < -0.4 is 10.6 Å². The van der Waals surface area contributed by atoms with Crippen LogP contribution in [-0.2, 0) is 9.59 Å². The maximum Gasteiger partial charge on any atom is 0.306 e. The lowest BCUT2D eigenvalue weighted by atomic mass is 10.0. The van der Waals surface area contributed by atoms with Gasteiger partial charge in [0.05, 0.1) is 17.4 Å². The number of benzene rings is 2. The first-order valence-corrected chi connectivity index (χ1v) is 7.90. The zero-order valence-electron chi connectivity index (χ0n) is 13.7. The number of nitro groups is 1. The molecular weight excluding hydrogens is 365 g/mol. The molecule has 136 valence electrons. The molecular formula is C17H15ClFN3O4. The van der Waals surface area contributed by atoms with Crippen LogP contribution in [0.2, 0.25) is 5.02 Å². The minimum atomic E-state index is -0.995. The maximum atomic E-state index is 13.4. The molecule has 0 aliphatic carbocycles. The van der Waals surface area contributed by atoms with Crippen LogP contribution in [0.1, 0.15) is 24.9 Å². The molecule has 7 nitrogen and oxygen atoms in total. The largest absolute Gasteiger partial charge is 0.349 e. The molecule has 1 unspecified atom stereocenters. The quantitative estimate of drug-likeness (QED) is 0.591. The van der Waals surface area contributed by atoms with Gasteiger partial charge in [-0.3, -0.25) is 19.7 Å². The lowest BCUT2D eigenvalue weighted by Crippen LogP contribution is -2.29. The minimum Gasteiger partial charge on any atom is -0.349 e. The van der Waals surface area contributed by atoms with Gasteiger partial charge in [-0.2, -0.15) is 4.39 Å². The molecule has 0 radical (unpaired) electrons. The number of nitrogens with zero attached hydrogens (tertiary/aromatic N) is 1. The van der Waals surface area contributed by atoms with E-state index in [4.69, 9.17) is 11.6 Å². The molecule has 0 bridgehead atoms. The molecule has 0 aliphatic heterocycles. The van der Waals surface area contributed by atoms with E-state index in [-0.39, 0.29) is 18.0 Å². The van der Waals surface area contributed by atoms with Gasteiger partial charge in [-0.1, -0.05) is 23.7 Å². The Bertz CT molecular complexity index is 842. The average molecular weight is 380 g/mol. The lowest BCUT2D eigenvalue weighted by molar-refractivity contribution is -0.387. The second-order valence-electron chi connectivity index (χ2n) is 5.48. The number of hydrogen-bond acceptors (Lipinski definition) is 4. The summed E-state index contributed by atoms with van der Waals surface area (Å²) in [5.41, 5.74) is 0.0181. The van der Waals surface area contributed by atoms with E-state index < -0.39 is 28.4 Å². The molecule has 0 aromatic heterocycles. The summed E-state index contributed by atoms with van der Waals surface area (Å²) in [5.74, 6) is -1.82. The third-order valence-electron chi connectivity index (χ3n) is 3.47. The van der Waals surface area contributed by atoms with Crippen molar-refractivity contribution >= 4 is 34.8 Å². The van der Waals surface area contributed by atoms with E-state index in [1.165, 1.54) is 13.0 Å². The number of nitrogens with one attached hydrogen (secondary N) is 2. The van der Waals surface area contributed by atoms with Crippen LogP contribution in [0.4, 0.5) is 15.8 Å². The van der Waals surface area contributed by atoms with Gasteiger partial charge < -0.3 is 10.6 Å². The number of amides is 2. The predicted octanol–water partition coefficient (Wildman–Crippen LogP) is 3.59. The van der Waals surface area contributed by atoms with Gasteiger partial charge in [0.2, 0.25) is 17.6 Å². The van der Waals surface area contributed by atoms with Crippen molar-refractivity contribution in [3.63, 3.8) is 0 Å². The summed E-state index contributed by atoms with van der Waals surface area (Å²) in [6, 6.07) is 9.06. The maximum absolute atomic E-state index is 13.4. The van der Waals surface area contributed by atoms with Gasteiger partial charge >= 0.3 is 5.69 Å². The summed E-state index contributed by atoms with van der Waals surface area (Å²) in [5, 5.41) is 16.4. The second-order valence-corrected chi connectivity index (χ2v) is 5.92. The first-order chi connectivity index (χ1) is 12.3. The van der Waals surface area contributed by atoms with Crippen LogP contribution >= 0.6 is 11.6 Å². The summed E-state index contributed by atoms with van der Waals surface area (Å²) < 4.78 is 13.4. The lowest BCUT2D eigenvalue weighted by Gasteiger charge is -2.18. The Morgan fingerprint density at radius 2 is 1.88 bits per heavy atom. The van der Waals surface area contributed by atoms with Crippen LogP contribution in [0.3, 0.4) is 0 Å². The number of nitro benzene ring substituents is 1. The van der Waals surface area contributed by atoms with E-state index in [2.05, 4.69) is 10.6 Å². The molecule has 0 spiro atoms. The molecule has 0 fully saturated rings. The Balaban J connectivity index is 2.14. The van der Waals surface area contributed by atoms with Crippen molar-refractivity contribution in [2.45, 2.75) is 19.4 Å². The molecule has 9 heteroatoms. The van der Waals surface area contributed by atoms with Crippen LogP contribution in [0.25, 0.3) is 0 Å². The Hall–Kier alpha value is -3.00. The van der Waals surface area contributed by atoms with Crippen LogP contribution in [0.5, 0.6) is 0 Å². The van der Waals surface area contributed by atoms with Gasteiger partial charge in [0.25, 0.3) is 0 Å². The molecule has 2 N–H and O–H groups in total. The van der Waals surface area contributed by atoms with E-state index in [0.717, 1.165) is 12.1 Å². The monoisotopic (exact) mass is 379 g/mol. The molecule has 2 rings (SSSR count). The summed E-state index contributed by atoms with van der Waals surface area (Å²) in [4.78, 5) is 33.6. The Morgan fingerprint density at radius 3 is 2.46 bits per heavy atom. The highest BCUT2D eigenvalue weighted by atomic mass is 35.5. The fraction of sp³-hybridized carbons (Fsp3) is 0.176. The first-order valence-electron chi connectivity index (χ1n) is 7.52. The van der Waals surface area contributed by atoms with E-state index in [0.29, 0.717) is 10.6 Å². The van der Waals surface area contributed by atoms with Crippen molar-refractivity contribution < 1.29 is 18.9 Å². The molecule has 2 aromatic rings. The van der Waals surface area contributed by atoms with Crippen LogP contribution in [-0.4, -0.2) is 16.7 Å². The SMILES string of the molecule is CC(=O)NC(CC(=O)Nc1ccc(F)c([N+](=O)[O-])c1)c1ccc(Cl)cc1. The zero-order valence-corrected chi connectivity index (χ0v) is 14.4. The second kappa shape index (κ2) is 8.39. The van der Waals surface area contributed by atoms with Gasteiger partial charge in [-0.05, 0) is 29.8 Å². The smallest absolute Gasteiger partial charge is 0.306 e. The normalized spacial score (nSPS) is 11.5. The van der Waals surface area contributed by atoms with Crippen molar-refractivity contribution in [3.8, 4) is 0 Å². The van der Waals surface area contributed by atoms with Crippen LogP contribution in [0.15, 0.2) is 42.5 Å². The fourth-order valence-electron chi connectivity index (χ4n) is 2.32. The number of carbonyl (C=O) groups is 2. The molecule has 0 saturated heterocycles. The van der Waals surface area contributed by atoms with E-state index in [9.17, 15) is 24.1 Å². The number of hydrogen-bond donors (Lipinski definition) is 2. The Morgan fingerprint density at radius 1 is 1.23 bits per heavy atom. The molecule has 26 heavy (non-hydrogen) atoms. The third-order valence-corrected chi connectivity index (χ3v) is 3.72. The molecule has 2 amide bonds. The molecule has 0 heterocycles. The fourth-order valence-corrected chi connectivity index (χ4v) is 2.45. The highest BCUT2D eigenvalue weighted by molar-refractivity contribution is 6.30. The van der Waals surface area contributed by atoms with Crippen molar-refractivity contribution in [3.05, 3.63) is 69.0 Å². The number of carbonyl (C=O) groups excluding carboxylic acids is 2. The van der Waals surface area contributed by atoms with Gasteiger partial charge in [-0.25, -0.2) is 0 Å². The van der Waals surface area contributed by atoms with Crippen LogP contribution in [0, 0.1) is 15.9 Å². The number of halogens is 2. The van der Waals surface area contributed by atoms with Gasteiger partial charge in [0.1, 0.15) is 0 Å². The summed E-state index contributed by atoms with van der Waals surface area (Å²) in [6.07, 6.45) is -0.119. The summed E-state index contributed by atoms with van der Waals surface area (Å²) in [6.45, 7) is 1.32.